The van der Waals surface area contributed by atoms with Gasteiger partial charge in [0, 0.05) is 16.2 Å². The Hall–Kier alpha value is -2.05. The molecular weight excluding hydrogens is 314 g/mol. The molecule has 7 heteroatoms. The van der Waals surface area contributed by atoms with Crippen molar-refractivity contribution in [1.82, 2.24) is 0 Å². The van der Waals surface area contributed by atoms with Gasteiger partial charge < -0.3 is 10.5 Å². The number of carbonyl (C=O) groups is 1. The van der Waals surface area contributed by atoms with Gasteiger partial charge in [-0.05, 0) is 23.8 Å². The van der Waals surface area contributed by atoms with Crippen molar-refractivity contribution in [2.45, 2.75) is 4.90 Å². The first-order chi connectivity index (χ1) is 9.88. The van der Waals surface area contributed by atoms with E-state index in [1.165, 1.54) is 18.2 Å². The summed E-state index contributed by atoms with van der Waals surface area (Å²) in [6.45, 7) is -0.299. The van der Waals surface area contributed by atoms with Crippen LogP contribution in [0.2, 0.25) is 0 Å². The Balaban J connectivity index is 2.53. The van der Waals surface area contributed by atoms with Crippen LogP contribution >= 0.6 is 10.7 Å². The molecule has 2 rings (SSSR count). The molecule has 0 fully saturated rings. The molecule has 1 amide bonds. The molecule has 0 unspecified atom stereocenters. The van der Waals surface area contributed by atoms with E-state index in [2.05, 4.69) is 0 Å². The van der Waals surface area contributed by atoms with Gasteiger partial charge in [0.1, 0.15) is 5.75 Å². The van der Waals surface area contributed by atoms with Gasteiger partial charge in [-0.2, -0.15) is 0 Å². The molecule has 0 aliphatic heterocycles. The highest BCUT2D eigenvalue weighted by Gasteiger charge is 2.15. The highest BCUT2D eigenvalue weighted by atomic mass is 35.7. The van der Waals surface area contributed by atoms with Crippen LogP contribution < -0.4 is 10.5 Å². The van der Waals surface area contributed by atoms with Gasteiger partial charge in [0.25, 0.3) is 15.0 Å². The number of hydrogen-bond donors (Lipinski definition) is 1. The first kappa shape index (κ1) is 15.3. The second-order valence-corrected chi connectivity index (χ2v) is 6.78. The summed E-state index contributed by atoms with van der Waals surface area (Å²) in [6, 6.07) is 13.2. The minimum atomic E-state index is -3.86. The molecule has 0 saturated heterocycles. The molecule has 2 N–H and O–H groups in total. The molecule has 0 saturated carbocycles. The largest absolute Gasteiger partial charge is 0.483 e. The Morgan fingerprint density at radius 3 is 2.38 bits per heavy atom. The lowest BCUT2D eigenvalue weighted by atomic mass is 10.0. The second-order valence-electron chi connectivity index (χ2n) is 4.22. The lowest BCUT2D eigenvalue weighted by molar-refractivity contribution is -0.119. The van der Waals surface area contributed by atoms with Crippen LogP contribution in [0.1, 0.15) is 0 Å². The van der Waals surface area contributed by atoms with Gasteiger partial charge in [-0.1, -0.05) is 30.3 Å². The molecule has 0 atom stereocenters. The third-order valence-electron chi connectivity index (χ3n) is 2.69. The maximum atomic E-state index is 11.4. The number of hydrogen-bond acceptors (Lipinski definition) is 4. The van der Waals surface area contributed by atoms with Crippen LogP contribution in [0.25, 0.3) is 11.1 Å². The number of nitrogens with two attached hydrogens (primary N) is 1. The lowest BCUT2D eigenvalue weighted by Gasteiger charge is -2.11. The van der Waals surface area contributed by atoms with Crippen molar-refractivity contribution in [2.75, 3.05) is 6.61 Å². The lowest BCUT2D eigenvalue weighted by Crippen LogP contribution is -2.20. The molecular formula is C14H12ClNO4S. The number of halogens is 1. The van der Waals surface area contributed by atoms with Gasteiger partial charge in [0.2, 0.25) is 0 Å². The van der Waals surface area contributed by atoms with E-state index in [1.54, 1.807) is 24.3 Å². The smallest absolute Gasteiger partial charge is 0.261 e. The average molecular weight is 326 g/mol. The summed E-state index contributed by atoms with van der Waals surface area (Å²) in [5.41, 5.74) is 6.30. The summed E-state index contributed by atoms with van der Waals surface area (Å²) >= 11 is 0. The highest BCUT2D eigenvalue weighted by molar-refractivity contribution is 8.13. The molecule has 0 aromatic heterocycles. The van der Waals surface area contributed by atoms with Crippen LogP contribution in [0.5, 0.6) is 5.75 Å². The minimum Gasteiger partial charge on any atom is -0.483 e. The maximum Gasteiger partial charge on any atom is 0.261 e. The van der Waals surface area contributed by atoms with Crippen LogP contribution in [0.3, 0.4) is 0 Å². The van der Waals surface area contributed by atoms with Crippen LogP contribution in [-0.2, 0) is 13.8 Å². The van der Waals surface area contributed by atoms with Gasteiger partial charge in [-0.3, -0.25) is 4.79 Å². The van der Waals surface area contributed by atoms with Crippen molar-refractivity contribution in [3.8, 4) is 16.9 Å². The summed E-state index contributed by atoms with van der Waals surface area (Å²) in [5, 5.41) is 0. The summed E-state index contributed by atoms with van der Waals surface area (Å²) in [6.07, 6.45) is 0. The monoisotopic (exact) mass is 325 g/mol. The number of carbonyl (C=O) groups excluding carboxylic acids is 1. The predicted octanol–water partition coefficient (Wildman–Crippen LogP) is 2.15. The molecule has 0 aliphatic carbocycles. The normalized spacial score (nSPS) is 11.1. The Morgan fingerprint density at radius 1 is 1.14 bits per heavy atom. The predicted molar refractivity (Wildman–Crippen MR) is 79.6 cm³/mol. The van der Waals surface area contributed by atoms with Crippen LogP contribution in [0, 0.1) is 0 Å². The van der Waals surface area contributed by atoms with Gasteiger partial charge in [0.15, 0.2) is 6.61 Å². The van der Waals surface area contributed by atoms with Crippen LogP contribution in [-0.4, -0.2) is 20.9 Å². The molecule has 110 valence electrons. The van der Waals surface area contributed by atoms with Crippen molar-refractivity contribution in [3.05, 3.63) is 48.5 Å². The van der Waals surface area contributed by atoms with Crippen molar-refractivity contribution < 1.29 is 17.9 Å². The number of primary amides is 1. The third-order valence-corrected chi connectivity index (χ3v) is 4.04. The van der Waals surface area contributed by atoms with E-state index < -0.39 is 15.0 Å². The van der Waals surface area contributed by atoms with Gasteiger partial charge in [-0.25, -0.2) is 8.42 Å². The van der Waals surface area contributed by atoms with Crippen molar-refractivity contribution >= 4 is 25.6 Å². The van der Waals surface area contributed by atoms with E-state index in [4.69, 9.17) is 21.2 Å². The molecule has 0 aliphatic rings. The Morgan fingerprint density at radius 2 is 1.81 bits per heavy atom. The van der Waals surface area contributed by atoms with Crippen LogP contribution in [0.4, 0.5) is 0 Å². The van der Waals surface area contributed by atoms with E-state index in [-0.39, 0.29) is 11.5 Å². The number of rotatable bonds is 5. The summed E-state index contributed by atoms with van der Waals surface area (Å²) in [7, 11) is 1.50. The molecule has 0 heterocycles. The molecule has 21 heavy (non-hydrogen) atoms. The highest BCUT2D eigenvalue weighted by Crippen LogP contribution is 2.33. The van der Waals surface area contributed by atoms with Crippen molar-refractivity contribution in [1.29, 1.82) is 0 Å². The maximum absolute atomic E-state index is 11.4. The van der Waals surface area contributed by atoms with E-state index in [1.807, 2.05) is 6.07 Å². The first-order valence-corrected chi connectivity index (χ1v) is 8.24. The topological polar surface area (TPSA) is 86.5 Å². The van der Waals surface area contributed by atoms with Gasteiger partial charge in [0.05, 0.1) is 4.90 Å². The molecule has 0 spiro atoms. The minimum absolute atomic E-state index is 0.0468. The Labute approximate surface area is 126 Å². The summed E-state index contributed by atoms with van der Waals surface area (Å²) in [4.78, 5) is 10.8. The SMILES string of the molecule is NC(=O)COc1ccc(S(=O)(=O)Cl)cc1-c1ccccc1. The fraction of sp³-hybridized carbons (Fsp3) is 0.0714. The summed E-state index contributed by atoms with van der Waals surface area (Å²) in [5.74, 6) is -0.271. The molecule has 2 aromatic rings. The van der Waals surface area contributed by atoms with E-state index in [0.717, 1.165) is 5.56 Å². The van der Waals surface area contributed by atoms with E-state index >= 15 is 0 Å². The summed E-state index contributed by atoms with van der Waals surface area (Å²) < 4.78 is 28.2. The Bertz CT molecular complexity index is 760. The fourth-order valence-electron chi connectivity index (χ4n) is 1.78. The van der Waals surface area contributed by atoms with Crippen molar-refractivity contribution in [2.24, 2.45) is 5.73 Å². The average Bonchev–Trinajstić information content (AvgIpc) is 2.45. The molecule has 0 bridgehead atoms. The van der Waals surface area contributed by atoms with E-state index in [9.17, 15) is 13.2 Å². The van der Waals surface area contributed by atoms with Crippen LogP contribution in [0.15, 0.2) is 53.4 Å². The zero-order chi connectivity index (χ0) is 15.5. The molecule has 0 radical (unpaired) electrons. The third kappa shape index (κ3) is 3.96. The number of benzene rings is 2. The molecule has 2 aromatic carbocycles. The zero-order valence-corrected chi connectivity index (χ0v) is 12.4. The van der Waals surface area contributed by atoms with Gasteiger partial charge in [-0.15, -0.1) is 0 Å². The fourth-order valence-corrected chi connectivity index (χ4v) is 2.56. The number of ether oxygens (including phenoxy) is 1. The Kier molecular flexibility index (Phi) is 4.50. The zero-order valence-electron chi connectivity index (χ0n) is 10.8. The van der Waals surface area contributed by atoms with Gasteiger partial charge >= 0.3 is 0 Å². The van der Waals surface area contributed by atoms with Crippen molar-refractivity contribution in [3.63, 3.8) is 0 Å². The standard InChI is InChI=1S/C14H12ClNO4S/c15-21(18,19)11-6-7-13(20-9-14(16)17)12(8-11)10-4-2-1-3-5-10/h1-8H,9H2,(H2,16,17). The quantitative estimate of drug-likeness (QED) is 0.853. The number of amides is 1. The molecule has 5 nitrogen and oxygen atoms in total. The second kappa shape index (κ2) is 6.15. The first-order valence-electron chi connectivity index (χ1n) is 5.93. The van der Waals surface area contributed by atoms with E-state index in [0.29, 0.717) is 11.3 Å².